The van der Waals surface area contributed by atoms with Crippen molar-refractivity contribution in [1.82, 2.24) is 10.6 Å². The maximum absolute atomic E-state index is 13.1. The van der Waals surface area contributed by atoms with E-state index < -0.39 is 12.0 Å². The van der Waals surface area contributed by atoms with Crippen LogP contribution in [0.25, 0.3) is 0 Å². The first-order valence-corrected chi connectivity index (χ1v) is 12.5. The second-order valence-corrected chi connectivity index (χ2v) is 9.21. The second kappa shape index (κ2) is 11.7. The fraction of sp³-hybridized carbons (Fsp3) is 0.444. The highest BCUT2D eigenvalue weighted by Crippen LogP contribution is 2.31. The number of nitrogens with zero attached hydrogens (tertiary/aromatic N) is 1. The number of hydrogen-bond donors (Lipinski definition) is 3. The number of esters is 1. The normalized spacial score (nSPS) is 15.9. The van der Waals surface area contributed by atoms with Crippen LogP contribution in [-0.2, 0) is 16.0 Å². The van der Waals surface area contributed by atoms with Gasteiger partial charge in [0.15, 0.2) is 0 Å². The Kier molecular flexibility index (Phi) is 8.23. The maximum atomic E-state index is 13.1. The van der Waals surface area contributed by atoms with Crippen LogP contribution in [0.1, 0.15) is 48.5 Å². The first-order chi connectivity index (χ1) is 17.0. The molecule has 1 saturated heterocycles. The lowest BCUT2D eigenvalue weighted by atomic mass is 9.89. The average molecular weight is 479 g/mol. The van der Waals surface area contributed by atoms with Crippen molar-refractivity contribution in [3.8, 4) is 0 Å². The Morgan fingerprint density at radius 3 is 2.43 bits per heavy atom. The Morgan fingerprint density at radius 1 is 1.00 bits per heavy atom. The molecule has 1 aliphatic carbocycles. The van der Waals surface area contributed by atoms with Crippen molar-refractivity contribution in [2.75, 3.05) is 36.5 Å². The van der Waals surface area contributed by atoms with E-state index in [-0.39, 0.29) is 25.1 Å². The number of benzene rings is 2. The number of hydrogen-bond acceptors (Lipinski definition) is 5. The molecule has 0 bridgehead atoms. The highest BCUT2D eigenvalue weighted by molar-refractivity contribution is 6.02. The van der Waals surface area contributed by atoms with Crippen LogP contribution in [0.2, 0.25) is 0 Å². The lowest BCUT2D eigenvalue weighted by molar-refractivity contribution is -0.141. The van der Waals surface area contributed by atoms with Gasteiger partial charge < -0.3 is 25.6 Å². The molecule has 2 aromatic carbocycles. The van der Waals surface area contributed by atoms with Gasteiger partial charge in [0.1, 0.15) is 6.54 Å². The Hall–Kier alpha value is -3.55. The summed E-state index contributed by atoms with van der Waals surface area (Å²) in [6.07, 6.45) is 5.21. The van der Waals surface area contributed by atoms with Crippen molar-refractivity contribution < 1.29 is 19.1 Å². The Bertz CT molecular complexity index is 1030. The number of carbonyl (C=O) groups excluding carboxylic acids is 3. The summed E-state index contributed by atoms with van der Waals surface area (Å²) < 4.78 is 4.82. The molecule has 2 aromatic rings. The van der Waals surface area contributed by atoms with Gasteiger partial charge >= 0.3 is 12.0 Å². The largest absolute Gasteiger partial charge is 0.465 e. The molecule has 1 heterocycles. The number of urea groups is 1. The molecule has 0 atom stereocenters. The zero-order valence-corrected chi connectivity index (χ0v) is 20.2. The van der Waals surface area contributed by atoms with Crippen molar-refractivity contribution in [2.24, 2.45) is 5.92 Å². The van der Waals surface area contributed by atoms with Crippen LogP contribution >= 0.6 is 0 Å². The van der Waals surface area contributed by atoms with Crippen LogP contribution in [0.5, 0.6) is 0 Å². The van der Waals surface area contributed by atoms with Gasteiger partial charge in [0.05, 0.1) is 12.2 Å². The van der Waals surface area contributed by atoms with Crippen LogP contribution in [-0.4, -0.2) is 50.2 Å². The lowest BCUT2D eigenvalue weighted by Crippen LogP contribution is -2.37. The lowest BCUT2D eigenvalue weighted by Gasteiger charge is -2.35. The van der Waals surface area contributed by atoms with E-state index in [4.69, 9.17) is 4.74 Å². The van der Waals surface area contributed by atoms with Gasteiger partial charge in [-0.2, -0.15) is 0 Å². The first-order valence-electron chi connectivity index (χ1n) is 12.5. The average Bonchev–Trinajstić information content (AvgIpc) is 3.68. The number of nitrogens with one attached hydrogen (secondary N) is 3. The van der Waals surface area contributed by atoms with E-state index in [0.29, 0.717) is 17.2 Å². The second-order valence-electron chi connectivity index (χ2n) is 9.21. The molecule has 0 unspecified atom stereocenters. The van der Waals surface area contributed by atoms with Gasteiger partial charge in [-0.1, -0.05) is 30.3 Å². The molecule has 4 rings (SSSR count). The molecule has 2 fully saturated rings. The fourth-order valence-corrected chi connectivity index (χ4v) is 4.43. The predicted octanol–water partition coefficient (Wildman–Crippen LogP) is 3.72. The summed E-state index contributed by atoms with van der Waals surface area (Å²) in [6, 6.07) is 15.7. The molecule has 0 aromatic heterocycles. The fourth-order valence-electron chi connectivity index (χ4n) is 4.43. The van der Waals surface area contributed by atoms with Crippen LogP contribution < -0.4 is 20.9 Å². The minimum atomic E-state index is -0.527. The van der Waals surface area contributed by atoms with Gasteiger partial charge in [0.25, 0.3) is 5.91 Å². The predicted molar refractivity (Wildman–Crippen MR) is 136 cm³/mol. The number of amides is 3. The molecule has 8 heteroatoms. The molecule has 0 spiro atoms. The van der Waals surface area contributed by atoms with Crippen LogP contribution in [0, 0.1) is 5.92 Å². The summed E-state index contributed by atoms with van der Waals surface area (Å²) in [6.45, 7) is 3.51. The third kappa shape index (κ3) is 7.21. The molecule has 8 nitrogen and oxygen atoms in total. The zero-order valence-electron chi connectivity index (χ0n) is 20.2. The summed E-state index contributed by atoms with van der Waals surface area (Å²) in [5.74, 6) is 0.00378. The van der Waals surface area contributed by atoms with Gasteiger partial charge in [0.2, 0.25) is 0 Å². The minimum absolute atomic E-state index is 0.121. The van der Waals surface area contributed by atoms with Gasteiger partial charge in [-0.05, 0) is 68.7 Å². The van der Waals surface area contributed by atoms with Gasteiger partial charge in [0, 0.05) is 30.5 Å². The zero-order chi connectivity index (χ0) is 24.6. The standard InChI is InChI=1S/C27H34N4O4/c1-2-35-25(32)18-28-27(34)30-22-10-11-24(23(17-22)26(33)29-21-8-9-21)31-14-12-20(13-15-31)16-19-6-4-3-5-7-19/h3-7,10-11,17,20-21H,2,8-9,12-16,18H2,1H3,(H,29,33)(H2,28,30,34). The van der Waals surface area contributed by atoms with Crippen molar-refractivity contribution in [3.05, 3.63) is 59.7 Å². The Morgan fingerprint density at radius 2 is 1.74 bits per heavy atom. The van der Waals surface area contributed by atoms with Gasteiger partial charge in [-0.3, -0.25) is 9.59 Å². The van der Waals surface area contributed by atoms with E-state index in [1.807, 2.05) is 12.1 Å². The SMILES string of the molecule is CCOC(=O)CNC(=O)Nc1ccc(N2CCC(Cc3ccccc3)CC2)c(C(=O)NC2CC2)c1. The van der Waals surface area contributed by atoms with Crippen LogP contribution in [0.15, 0.2) is 48.5 Å². The quantitative estimate of drug-likeness (QED) is 0.477. The summed E-state index contributed by atoms with van der Waals surface area (Å²) in [4.78, 5) is 39.0. The molecule has 3 N–H and O–H groups in total. The summed E-state index contributed by atoms with van der Waals surface area (Å²) >= 11 is 0. The first kappa shape index (κ1) is 24.6. The van der Waals surface area contributed by atoms with Gasteiger partial charge in [-0.15, -0.1) is 0 Å². The topological polar surface area (TPSA) is 99.8 Å². The highest BCUT2D eigenvalue weighted by atomic mass is 16.5. The summed E-state index contributed by atoms with van der Waals surface area (Å²) in [7, 11) is 0. The van der Waals surface area contributed by atoms with Crippen molar-refractivity contribution in [3.63, 3.8) is 0 Å². The van der Waals surface area contributed by atoms with E-state index in [9.17, 15) is 14.4 Å². The third-order valence-corrected chi connectivity index (χ3v) is 6.43. The van der Waals surface area contributed by atoms with Crippen molar-refractivity contribution in [2.45, 2.75) is 45.1 Å². The summed E-state index contributed by atoms with van der Waals surface area (Å²) in [5, 5.41) is 8.26. The molecule has 1 saturated carbocycles. The van der Waals surface area contributed by atoms with Gasteiger partial charge in [-0.25, -0.2) is 4.79 Å². The minimum Gasteiger partial charge on any atom is -0.465 e. The summed E-state index contributed by atoms with van der Waals surface area (Å²) in [5.41, 5.74) is 3.31. The highest BCUT2D eigenvalue weighted by Gasteiger charge is 2.28. The Balaban J connectivity index is 1.41. The van der Waals surface area contributed by atoms with Crippen LogP contribution in [0.3, 0.4) is 0 Å². The van der Waals surface area contributed by atoms with E-state index in [1.54, 1.807) is 19.1 Å². The molecule has 35 heavy (non-hydrogen) atoms. The van der Waals surface area contributed by atoms with Crippen molar-refractivity contribution in [1.29, 1.82) is 0 Å². The number of piperidine rings is 1. The molecule has 186 valence electrons. The monoisotopic (exact) mass is 478 g/mol. The Labute approximate surface area is 206 Å². The van der Waals surface area contributed by atoms with E-state index in [0.717, 1.165) is 50.9 Å². The number of ether oxygens (including phenoxy) is 1. The molecule has 1 aliphatic heterocycles. The van der Waals surface area contributed by atoms with Crippen LogP contribution in [0.4, 0.5) is 16.2 Å². The maximum Gasteiger partial charge on any atom is 0.325 e. The smallest absolute Gasteiger partial charge is 0.325 e. The van der Waals surface area contributed by atoms with E-state index in [1.165, 1.54) is 5.56 Å². The van der Waals surface area contributed by atoms with E-state index >= 15 is 0 Å². The molecular weight excluding hydrogens is 444 g/mol. The van der Waals surface area contributed by atoms with E-state index in [2.05, 4.69) is 45.1 Å². The number of carbonyl (C=O) groups is 3. The number of anilines is 2. The number of rotatable bonds is 9. The molecule has 3 amide bonds. The third-order valence-electron chi connectivity index (χ3n) is 6.43. The molecule has 0 radical (unpaired) electrons. The van der Waals surface area contributed by atoms with Crippen molar-refractivity contribution >= 4 is 29.3 Å². The molecular formula is C27H34N4O4. The molecule has 2 aliphatic rings.